The van der Waals surface area contributed by atoms with E-state index in [4.69, 9.17) is 4.74 Å². The number of hydrogen-bond acceptors (Lipinski definition) is 8. The summed E-state index contributed by atoms with van der Waals surface area (Å²) in [5.41, 5.74) is 2.38. The fraction of sp³-hybridized carbons (Fsp3) is 0.150. The summed E-state index contributed by atoms with van der Waals surface area (Å²) in [4.78, 5) is 15.3. The number of ether oxygens (including phenoxy) is 1. The quantitative estimate of drug-likeness (QED) is 0.559. The first-order valence-electron chi connectivity index (χ1n) is 9.20. The first-order chi connectivity index (χ1) is 14.2. The van der Waals surface area contributed by atoms with Crippen LogP contribution in [-0.4, -0.2) is 36.5 Å². The van der Waals surface area contributed by atoms with Gasteiger partial charge in [0, 0.05) is 37.7 Å². The average Bonchev–Trinajstić information content (AvgIpc) is 3.34. The molecule has 5 rings (SSSR count). The molecule has 4 heterocycles. The highest BCUT2D eigenvalue weighted by atomic mass is 16.5. The molecule has 4 aromatic rings. The van der Waals surface area contributed by atoms with Crippen molar-refractivity contribution in [2.75, 3.05) is 16.8 Å². The highest BCUT2D eigenvalue weighted by Crippen LogP contribution is 2.36. The summed E-state index contributed by atoms with van der Waals surface area (Å²) < 4.78 is 7.56. The molecule has 9 nitrogen and oxygen atoms in total. The van der Waals surface area contributed by atoms with E-state index >= 15 is 0 Å². The Morgan fingerprint density at radius 3 is 2.86 bits per heavy atom. The van der Waals surface area contributed by atoms with Gasteiger partial charge in [-0.1, -0.05) is 11.3 Å². The van der Waals surface area contributed by atoms with Crippen LogP contribution in [0.1, 0.15) is 5.56 Å². The van der Waals surface area contributed by atoms with E-state index in [0.29, 0.717) is 17.6 Å². The highest BCUT2D eigenvalue weighted by molar-refractivity contribution is 5.68. The van der Waals surface area contributed by atoms with Crippen LogP contribution in [-0.2, 0) is 13.5 Å². The fourth-order valence-corrected chi connectivity index (χ4v) is 3.29. The van der Waals surface area contributed by atoms with Gasteiger partial charge in [0.1, 0.15) is 11.6 Å². The normalized spacial score (nSPS) is 12.7. The molecule has 9 heteroatoms. The Labute approximate surface area is 167 Å². The maximum Gasteiger partial charge on any atom is 0.231 e. The summed E-state index contributed by atoms with van der Waals surface area (Å²) in [7, 11) is 1.79. The van der Waals surface area contributed by atoms with Gasteiger partial charge in [-0.2, -0.15) is 4.98 Å². The zero-order chi connectivity index (χ0) is 19.6. The van der Waals surface area contributed by atoms with Crippen LogP contribution < -0.4 is 15.0 Å². The second-order valence-corrected chi connectivity index (χ2v) is 6.60. The smallest absolute Gasteiger partial charge is 0.231 e. The van der Waals surface area contributed by atoms with E-state index in [9.17, 15) is 0 Å². The molecule has 0 radical (unpaired) electrons. The van der Waals surface area contributed by atoms with Gasteiger partial charge in [-0.3, -0.25) is 4.68 Å². The molecule has 144 valence electrons. The Kier molecular flexibility index (Phi) is 4.24. The van der Waals surface area contributed by atoms with Crippen LogP contribution in [0.4, 0.5) is 23.3 Å². The van der Waals surface area contributed by atoms with Gasteiger partial charge >= 0.3 is 0 Å². The van der Waals surface area contributed by atoms with Gasteiger partial charge in [-0.25, -0.2) is 9.97 Å². The van der Waals surface area contributed by atoms with E-state index in [-0.39, 0.29) is 0 Å². The van der Waals surface area contributed by atoms with Gasteiger partial charge in [-0.05, 0) is 42.3 Å². The third-order valence-electron chi connectivity index (χ3n) is 4.57. The molecule has 0 atom stereocenters. The Morgan fingerprint density at radius 1 is 1.07 bits per heavy atom. The van der Waals surface area contributed by atoms with Crippen molar-refractivity contribution in [3.8, 4) is 11.6 Å². The van der Waals surface area contributed by atoms with Crippen molar-refractivity contribution in [1.29, 1.82) is 0 Å². The molecule has 1 aliphatic rings. The Hall–Kier alpha value is -4.01. The third-order valence-corrected chi connectivity index (χ3v) is 4.57. The maximum atomic E-state index is 5.96. The van der Waals surface area contributed by atoms with Crippen molar-refractivity contribution in [1.82, 2.24) is 29.9 Å². The van der Waals surface area contributed by atoms with Crippen LogP contribution in [0.2, 0.25) is 0 Å². The molecule has 29 heavy (non-hydrogen) atoms. The molecule has 3 aromatic heterocycles. The molecule has 1 aromatic carbocycles. The minimum absolute atomic E-state index is 0.394. The SMILES string of the molecule is Cn1cc(Nc2nccc(Oc3ccc4c(c3)CCN4c3ccccn3)n2)nn1. The number of benzene rings is 1. The summed E-state index contributed by atoms with van der Waals surface area (Å²) >= 11 is 0. The molecular weight excluding hydrogens is 368 g/mol. The molecule has 0 saturated carbocycles. The average molecular weight is 386 g/mol. The second kappa shape index (κ2) is 7.19. The third kappa shape index (κ3) is 3.57. The standard InChI is InChI=1S/C20H18N8O/c1-27-13-17(25-26-27)23-20-22-10-7-19(24-20)29-15-5-6-16-14(12-15)8-11-28(16)18-4-2-3-9-21-18/h2-7,9-10,12-13H,8,11H2,1H3,(H,22,23,24). The number of anilines is 4. The first kappa shape index (κ1) is 17.1. The largest absolute Gasteiger partial charge is 0.439 e. The van der Waals surface area contributed by atoms with Crippen molar-refractivity contribution < 1.29 is 4.74 Å². The fourth-order valence-electron chi connectivity index (χ4n) is 3.29. The van der Waals surface area contributed by atoms with E-state index in [2.05, 4.69) is 47.6 Å². The number of aryl methyl sites for hydroxylation is 1. The number of pyridine rings is 1. The lowest BCUT2D eigenvalue weighted by Gasteiger charge is -2.18. The molecule has 0 amide bonds. The van der Waals surface area contributed by atoms with Crippen molar-refractivity contribution in [2.24, 2.45) is 7.05 Å². The van der Waals surface area contributed by atoms with Gasteiger partial charge in [0.25, 0.3) is 0 Å². The first-order valence-corrected chi connectivity index (χ1v) is 9.20. The van der Waals surface area contributed by atoms with Crippen molar-refractivity contribution in [2.45, 2.75) is 6.42 Å². The number of nitrogens with one attached hydrogen (secondary N) is 1. The summed E-state index contributed by atoms with van der Waals surface area (Å²) in [6.07, 6.45) is 6.13. The van der Waals surface area contributed by atoms with Gasteiger partial charge in [0.05, 0.1) is 6.20 Å². The number of hydrogen-bond donors (Lipinski definition) is 1. The number of fused-ring (bicyclic) bond motifs is 1. The predicted octanol–water partition coefficient (Wildman–Crippen LogP) is 3.23. The van der Waals surface area contributed by atoms with E-state index < -0.39 is 0 Å². The lowest BCUT2D eigenvalue weighted by atomic mass is 10.1. The Morgan fingerprint density at radius 2 is 2.03 bits per heavy atom. The molecule has 0 spiro atoms. The number of rotatable bonds is 5. The highest BCUT2D eigenvalue weighted by Gasteiger charge is 2.21. The lowest BCUT2D eigenvalue weighted by molar-refractivity contribution is 0.462. The van der Waals surface area contributed by atoms with Crippen LogP contribution in [0, 0.1) is 0 Å². The molecular formula is C20H18N8O. The van der Waals surface area contributed by atoms with Crippen molar-refractivity contribution in [3.63, 3.8) is 0 Å². The van der Waals surface area contributed by atoms with E-state index in [1.54, 1.807) is 30.2 Å². The van der Waals surface area contributed by atoms with E-state index in [0.717, 1.165) is 30.2 Å². The minimum atomic E-state index is 0.394. The zero-order valence-corrected chi connectivity index (χ0v) is 15.7. The zero-order valence-electron chi connectivity index (χ0n) is 15.7. The predicted molar refractivity (Wildman–Crippen MR) is 108 cm³/mol. The van der Waals surface area contributed by atoms with Crippen molar-refractivity contribution in [3.05, 3.63) is 66.6 Å². The summed E-state index contributed by atoms with van der Waals surface area (Å²) in [6.45, 7) is 0.898. The van der Waals surface area contributed by atoms with E-state index in [1.807, 2.05) is 30.5 Å². The monoisotopic (exact) mass is 386 g/mol. The lowest BCUT2D eigenvalue weighted by Crippen LogP contribution is -2.14. The molecule has 0 bridgehead atoms. The minimum Gasteiger partial charge on any atom is -0.439 e. The topological polar surface area (TPSA) is 93.9 Å². The number of aromatic nitrogens is 6. The Bertz CT molecular complexity index is 1140. The van der Waals surface area contributed by atoms with Gasteiger partial charge in [-0.15, -0.1) is 5.10 Å². The molecule has 1 N–H and O–H groups in total. The Balaban J connectivity index is 1.33. The van der Waals surface area contributed by atoms with Gasteiger partial charge in [0.2, 0.25) is 11.8 Å². The molecule has 0 fully saturated rings. The van der Waals surface area contributed by atoms with Crippen LogP contribution in [0.3, 0.4) is 0 Å². The van der Waals surface area contributed by atoms with Crippen LogP contribution >= 0.6 is 0 Å². The number of nitrogens with zero attached hydrogens (tertiary/aromatic N) is 7. The van der Waals surface area contributed by atoms with Gasteiger partial charge in [0.15, 0.2) is 5.82 Å². The van der Waals surface area contributed by atoms with Crippen molar-refractivity contribution >= 4 is 23.3 Å². The second-order valence-electron chi connectivity index (χ2n) is 6.60. The summed E-state index contributed by atoms with van der Waals surface area (Å²) in [5, 5.41) is 10.8. The van der Waals surface area contributed by atoms with Crippen LogP contribution in [0.15, 0.2) is 61.1 Å². The van der Waals surface area contributed by atoms with Gasteiger partial charge < -0.3 is 15.0 Å². The van der Waals surface area contributed by atoms with E-state index in [1.165, 1.54) is 5.56 Å². The molecule has 0 saturated heterocycles. The molecule has 1 aliphatic heterocycles. The summed E-state index contributed by atoms with van der Waals surface area (Å²) in [6, 6.07) is 13.7. The summed E-state index contributed by atoms with van der Waals surface area (Å²) in [5.74, 6) is 3.10. The maximum absolute atomic E-state index is 5.96. The van der Waals surface area contributed by atoms with Crippen LogP contribution in [0.5, 0.6) is 11.6 Å². The molecule has 0 unspecified atom stereocenters. The molecule has 0 aliphatic carbocycles. The van der Waals surface area contributed by atoms with Crippen LogP contribution in [0.25, 0.3) is 0 Å².